The molecule has 1 aliphatic rings. The summed E-state index contributed by atoms with van der Waals surface area (Å²) in [4.78, 5) is 35.8. The van der Waals surface area contributed by atoms with E-state index >= 15 is 0 Å². The van der Waals surface area contributed by atoms with Crippen molar-refractivity contribution in [3.63, 3.8) is 0 Å². The van der Waals surface area contributed by atoms with Gasteiger partial charge in [0.05, 0.1) is 28.9 Å². The molecule has 0 radical (unpaired) electrons. The second-order valence-corrected chi connectivity index (χ2v) is 11.2. The first-order chi connectivity index (χ1) is 21.4. The summed E-state index contributed by atoms with van der Waals surface area (Å²) >= 11 is 6.49. The number of amides is 1. The maximum atomic E-state index is 14.0. The zero-order chi connectivity index (χ0) is 32.7. The van der Waals surface area contributed by atoms with E-state index in [1.54, 1.807) is 12.1 Å². The Morgan fingerprint density at radius 3 is 2.49 bits per heavy atom. The van der Waals surface area contributed by atoms with Crippen LogP contribution < -0.4 is 20.1 Å². The van der Waals surface area contributed by atoms with Crippen LogP contribution in [0.1, 0.15) is 78.3 Å². The summed E-state index contributed by atoms with van der Waals surface area (Å²) in [5.41, 5.74) is 0.0625. The molecule has 0 aliphatic carbocycles. The van der Waals surface area contributed by atoms with Crippen LogP contribution >= 0.6 is 11.6 Å². The number of benzene rings is 2. The molecule has 1 saturated heterocycles. The standard InChI is InChI=1S/C32H37ClF3N5O4/c1-5-7-9-20-10-8-11-26(28(20)19(3)42)45-30-23(32(34,35)36)18-37-31(40-30)39-25-17-24(33)22(16-27(25)44-4)29(43)38-21-12-14-41(6-2)15-13-21/h8,10-11,16-18,21H,5-7,9,12-15H2,1-4H3,(H,38,43)(H,37,39,40). The fourth-order valence-electron chi connectivity index (χ4n) is 5.21. The number of nitrogens with one attached hydrogen (secondary N) is 2. The van der Waals surface area contributed by atoms with Crippen molar-refractivity contribution in [2.75, 3.05) is 32.1 Å². The number of likely N-dealkylation sites (tertiary alicyclic amines) is 1. The van der Waals surface area contributed by atoms with Crippen LogP contribution in [0.2, 0.25) is 5.02 Å². The number of alkyl halides is 3. The summed E-state index contributed by atoms with van der Waals surface area (Å²) < 4.78 is 53.1. The number of ketones is 1. The van der Waals surface area contributed by atoms with E-state index in [1.807, 2.05) is 6.92 Å². The number of carbonyl (C=O) groups is 2. The molecule has 4 rings (SSSR count). The average Bonchev–Trinajstić information content (AvgIpc) is 3.00. The molecule has 0 atom stereocenters. The smallest absolute Gasteiger partial charge is 0.423 e. The van der Waals surface area contributed by atoms with Gasteiger partial charge in [0.1, 0.15) is 17.1 Å². The number of rotatable bonds is 12. The highest BCUT2D eigenvalue weighted by Crippen LogP contribution is 2.39. The second kappa shape index (κ2) is 14.9. The number of ether oxygens (including phenoxy) is 2. The van der Waals surface area contributed by atoms with Crippen LogP contribution in [0.3, 0.4) is 0 Å². The number of anilines is 2. The molecular formula is C32H37ClF3N5O4. The second-order valence-electron chi connectivity index (χ2n) is 10.8. The van der Waals surface area contributed by atoms with Crippen LogP contribution in [0, 0.1) is 0 Å². The van der Waals surface area contributed by atoms with Crippen molar-refractivity contribution in [3.05, 3.63) is 63.8 Å². The lowest BCUT2D eigenvalue weighted by Gasteiger charge is -2.31. The molecular weight excluding hydrogens is 611 g/mol. The maximum absolute atomic E-state index is 14.0. The summed E-state index contributed by atoms with van der Waals surface area (Å²) in [5, 5.41) is 5.94. The molecule has 1 aromatic heterocycles. The number of halogens is 4. The Labute approximate surface area is 265 Å². The van der Waals surface area contributed by atoms with E-state index in [0.717, 1.165) is 45.3 Å². The van der Waals surface area contributed by atoms with Gasteiger partial charge in [-0.3, -0.25) is 9.59 Å². The molecule has 2 N–H and O–H groups in total. The molecule has 45 heavy (non-hydrogen) atoms. The van der Waals surface area contributed by atoms with Crippen LogP contribution in [0.4, 0.5) is 24.8 Å². The van der Waals surface area contributed by atoms with E-state index in [1.165, 1.54) is 32.2 Å². The van der Waals surface area contributed by atoms with Crippen molar-refractivity contribution >= 4 is 34.9 Å². The molecule has 13 heteroatoms. The molecule has 3 aromatic rings. The Hall–Kier alpha value is -3.90. The Kier molecular flexibility index (Phi) is 11.3. The highest BCUT2D eigenvalue weighted by molar-refractivity contribution is 6.34. The van der Waals surface area contributed by atoms with E-state index < -0.39 is 17.6 Å². The highest BCUT2D eigenvalue weighted by Gasteiger charge is 2.37. The van der Waals surface area contributed by atoms with Crippen molar-refractivity contribution in [2.24, 2.45) is 0 Å². The van der Waals surface area contributed by atoms with E-state index in [2.05, 4.69) is 32.4 Å². The van der Waals surface area contributed by atoms with E-state index in [-0.39, 0.29) is 57.0 Å². The summed E-state index contributed by atoms with van der Waals surface area (Å²) in [5.74, 6) is -1.58. The number of piperidine rings is 1. The summed E-state index contributed by atoms with van der Waals surface area (Å²) in [6.45, 7) is 8.17. The molecule has 2 heterocycles. The molecule has 0 unspecified atom stereocenters. The minimum absolute atomic E-state index is 0.00925. The van der Waals surface area contributed by atoms with Crippen molar-refractivity contribution in [1.29, 1.82) is 0 Å². The topological polar surface area (TPSA) is 106 Å². The average molecular weight is 648 g/mol. The Morgan fingerprint density at radius 2 is 1.87 bits per heavy atom. The molecule has 0 bridgehead atoms. The Balaban J connectivity index is 1.62. The van der Waals surface area contributed by atoms with Crippen molar-refractivity contribution in [3.8, 4) is 17.4 Å². The number of hydrogen-bond acceptors (Lipinski definition) is 8. The first-order valence-corrected chi connectivity index (χ1v) is 15.3. The van der Waals surface area contributed by atoms with Gasteiger partial charge < -0.3 is 25.0 Å². The number of aryl methyl sites for hydroxylation is 1. The first-order valence-electron chi connectivity index (χ1n) is 14.9. The van der Waals surface area contributed by atoms with Crippen LogP contribution in [-0.2, 0) is 12.6 Å². The largest absolute Gasteiger partial charge is 0.495 e. The van der Waals surface area contributed by atoms with E-state index in [9.17, 15) is 22.8 Å². The van der Waals surface area contributed by atoms with Gasteiger partial charge in [0.2, 0.25) is 11.8 Å². The molecule has 0 saturated carbocycles. The molecule has 2 aromatic carbocycles. The predicted molar refractivity (Wildman–Crippen MR) is 166 cm³/mol. The first kappa shape index (κ1) is 34.0. The summed E-state index contributed by atoms with van der Waals surface area (Å²) in [6.07, 6.45) is -0.368. The zero-order valence-corrected chi connectivity index (χ0v) is 26.4. The maximum Gasteiger partial charge on any atom is 0.423 e. The summed E-state index contributed by atoms with van der Waals surface area (Å²) in [7, 11) is 1.38. The van der Waals surface area contributed by atoms with Crippen LogP contribution in [0.25, 0.3) is 0 Å². The van der Waals surface area contributed by atoms with Crippen molar-refractivity contribution < 1.29 is 32.2 Å². The van der Waals surface area contributed by atoms with E-state index in [0.29, 0.717) is 18.2 Å². The van der Waals surface area contributed by atoms with Crippen LogP contribution in [0.5, 0.6) is 17.4 Å². The normalized spacial score (nSPS) is 14.2. The van der Waals surface area contributed by atoms with Crippen LogP contribution in [0.15, 0.2) is 36.5 Å². The van der Waals surface area contributed by atoms with Gasteiger partial charge in [-0.05, 0) is 62.9 Å². The number of carbonyl (C=O) groups excluding carboxylic acids is 2. The molecule has 242 valence electrons. The van der Waals surface area contributed by atoms with Gasteiger partial charge in [0.15, 0.2) is 5.78 Å². The van der Waals surface area contributed by atoms with Crippen LogP contribution in [-0.4, -0.2) is 59.3 Å². The molecule has 1 fully saturated rings. The fraction of sp³-hybridized carbons (Fsp3) is 0.438. The highest BCUT2D eigenvalue weighted by atomic mass is 35.5. The monoisotopic (exact) mass is 647 g/mol. The number of Topliss-reactive ketones (excluding diaryl/α,β-unsaturated/α-hetero) is 1. The minimum Gasteiger partial charge on any atom is -0.495 e. The number of unbranched alkanes of at least 4 members (excludes halogenated alkanes) is 1. The van der Waals surface area contributed by atoms with Gasteiger partial charge in [-0.1, -0.05) is 44.0 Å². The van der Waals surface area contributed by atoms with Crippen molar-refractivity contribution in [1.82, 2.24) is 20.2 Å². The number of nitrogens with zero attached hydrogens (tertiary/aromatic N) is 3. The SMILES string of the molecule is CCCCc1cccc(Oc2nc(Nc3cc(Cl)c(C(=O)NC4CCN(CC)CC4)cc3OC)ncc2C(F)(F)F)c1C(C)=O. The molecule has 1 aliphatic heterocycles. The van der Waals surface area contributed by atoms with Gasteiger partial charge >= 0.3 is 6.18 Å². The van der Waals surface area contributed by atoms with Gasteiger partial charge in [0, 0.05) is 25.3 Å². The molecule has 0 spiro atoms. The lowest BCUT2D eigenvalue weighted by atomic mass is 9.98. The lowest BCUT2D eigenvalue weighted by molar-refractivity contribution is -0.139. The van der Waals surface area contributed by atoms with E-state index in [4.69, 9.17) is 21.1 Å². The number of methoxy groups -OCH3 is 1. The Bertz CT molecular complexity index is 1530. The molecule has 9 nitrogen and oxygen atoms in total. The fourth-order valence-corrected chi connectivity index (χ4v) is 5.46. The van der Waals surface area contributed by atoms with Gasteiger partial charge in [-0.25, -0.2) is 4.98 Å². The minimum atomic E-state index is -4.84. The third-order valence-corrected chi connectivity index (χ3v) is 7.99. The quantitative estimate of drug-likeness (QED) is 0.195. The van der Waals surface area contributed by atoms with Crippen molar-refractivity contribution in [2.45, 2.75) is 65.1 Å². The van der Waals surface area contributed by atoms with Gasteiger partial charge in [-0.2, -0.15) is 18.2 Å². The third kappa shape index (κ3) is 8.43. The zero-order valence-electron chi connectivity index (χ0n) is 25.7. The number of hydrogen-bond donors (Lipinski definition) is 2. The predicted octanol–water partition coefficient (Wildman–Crippen LogP) is 7.45. The molecule has 1 amide bonds. The van der Waals surface area contributed by atoms with Gasteiger partial charge in [0.25, 0.3) is 5.91 Å². The number of aromatic nitrogens is 2. The third-order valence-electron chi connectivity index (χ3n) is 7.68. The van der Waals surface area contributed by atoms with Gasteiger partial charge in [-0.15, -0.1) is 0 Å². The Morgan fingerprint density at radius 1 is 1.13 bits per heavy atom. The summed E-state index contributed by atoms with van der Waals surface area (Å²) in [6, 6.07) is 7.69. The lowest BCUT2D eigenvalue weighted by Crippen LogP contribution is -2.44.